The van der Waals surface area contributed by atoms with Gasteiger partial charge in [0, 0.05) is 0 Å². The van der Waals surface area contributed by atoms with Crippen molar-refractivity contribution in [1.82, 2.24) is 0 Å². The van der Waals surface area contributed by atoms with Gasteiger partial charge < -0.3 is 0 Å². The van der Waals surface area contributed by atoms with Crippen molar-refractivity contribution in [3.05, 3.63) is 156 Å². The zero-order valence-corrected chi connectivity index (χ0v) is 55.9. The van der Waals surface area contributed by atoms with Gasteiger partial charge in [0.05, 0.1) is 41.8 Å². The fourth-order valence-corrected chi connectivity index (χ4v) is 15.9. The minimum absolute atomic E-state index is 0.566. The largest absolute Gasteiger partial charge is 0.184 e. The van der Waals surface area contributed by atoms with E-state index in [4.69, 9.17) is 17.0 Å². The second-order valence-corrected chi connectivity index (χ2v) is 49.9. The molecule has 0 spiro atoms. The Bertz CT molecular complexity index is 2850. The Kier molecular flexibility index (Phi) is 19.4. The van der Waals surface area contributed by atoms with Crippen LogP contribution in [0.1, 0.15) is 75.6 Å². The van der Waals surface area contributed by atoms with Crippen molar-refractivity contribution >= 4 is 112 Å². The van der Waals surface area contributed by atoms with Gasteiger partial charge in [-0.25, -0.2) is 0 Å². The summed E-state index contributed by atoms with van der Waals surface area (Å²) in [6.45, 7) is 43.4. The predicted octanol–water partition coefficient (Wildman–Crippen LogP) is 16.5. The fourth-order valence-electron chi connectivity index (χ4n) is 9.64. The minimum atomic E-state index is -1.39. The molecule has 0 fully saturated rings. The van der Waals surface area contributed by atoms with Crippen molar-refractivity contribution in [2.24, 2.45) is 0 Å². The van der Waals surface area contributed by atoms with Crippen molar-refractivity contribution in [3.8, 4) is 33.4 Å². The van der Waals surface area contributed by atoms with E-state index < -0.39 is 53.1 Å². The van der Waals surface area contributed by atoms with Crippen molar-refractivity contribution in [1.29, 1.82) is 0 Å². The summed E-state index contributed by atoms with van der Waals surface area (Å²) in [6, 6.07) is 52.4. The van der Waals surface area contributed by atoms with Crippen LogP contribution >= 0.6 is 17.0 Å². The SMILES string of the molecule is CCc1ccc2[cH-]c(C(C)C)cc2c1-c1cc([Si](C)(C)C)cc([Si](C)(C)C)c1.CCc1ccc2[cH-]c(C(C)C)cc2c1-c1cc([Si](C)(C)C)cc([Si](C)(C)C)c1.[Cl][Zr][Cl].[c-]1cccc2c1[Si]c1ccccc1-2. The van der Waals surface area contributed by atoms with Crippen LogP contribution in [0.5, 0.6) is 0 Å². The van der Waals surface area contributed by atoms with Crippen LogP contribution in [0, 0.1) is 6.07 Å². The van der Waals surface area contributed by atoms with Crippen LogP contribution in [0.15, 0.2) is 127 Å². The molecule has 0 bridgehead atoms. The molecule has 0 atom stereocenters. The van der Waals surface area contributed by atoms with Crippen LogP contribution in [0.3, 0.4) is 0 Å². The van der Waals surface area contributed by atoms with E-state index in [1.807, 2.05) is 6.07 Å². The second kappa shape index (κ2) is 24.0. The van der Waals surface area contributed by atoms with Crippen LogP contribution in [-0.2, 0) is 33.7 Å². The van der Waals surface area contributed by atoms with E-state index in [1.165, 1.54) is 87.6 Å². The van der Waals surface area contributed by atoms with Crippen LogP contribution in [0.25, 0.3) is 54.9 Å². The standard InChI is InChI=1S/2C26H37Si2.C12H7Si.2ClH.Zr/c2*1-10-19-11-12-20-13-21(18(2)3)16-25(20)26(19)22-14-23(27(4,5)6)17-24(15-22)28(7,8)9;1-3-7-11-9(5-1)10-6-2-4-8-12(10)13-11;;;/h2*11-18H,10H2,1-9H3;1-7H;2*1H;/q3*-1;;;+2/p-2. The summed E-state index contributed by atoms with van der Waals surface area (Å²) < 4.78 is 0. The predicted molar refractivity (Wildman–Crippen MR) is 336 cm³/mol. The maximum atomic E-state index is 4.93. The summed E-state index contributed by atoms with van der Waals surface area (Å²) in [7, 11) is 5.09. The van der Waals surface area contributed by atoms with Crippen LogP contribution in [0.2, 0.25) is 78.6 Å². The van der Waals surface area contributed by atoms with E-state index in [1.54, 1.807) is 20.7 Å². The first-order valence-corrected chi connectivity index (χ1v) is 47.6. The van der Waals surface area contributed by atoms with Gasteiger partial charge in [-0.2, -0.15) is 41.6 Å². The first kappa shape index (κ1) is 58.4. The Labute approximate surface area is 462 Å². The van der Waals surface area contributed by atoms with Crippen LogP contribution in [-0.4, -0.2) is 41.8 Å². The first-order chi connectivity index (χ1) is 33.7. The van der Waals surface area contributed by atoms with Gasteiger partial charge in [0.2, 0.25) is 0 Å². The Morgan fingerprint density at radius 3 is 1.24 bits per heavy atom. The number of halogens is 2. The molecular weight excluding hydrogens is 1070 g/mol. The zero-order chi connectivity index (χ0) is 53.1. The molecule has 0 amide bonds. The molecule has 8 aromatic carbocycles. The van der Waals surface area contributed by atoms with E-state index in [2.05, 4.69) is 248 Å². The average Bonchev–Trinajstić information content (AvgIpc) is 4.06. The van der Waals surface area contributed by atoms with Crippen molar-refractivity contribution in [2.45, 2.75) is 145 Å². The molecule has 2 radical (unpaired) electrons. The van der Waals surface area contributed by atoms with Gasteiger partial charge in [0.1, 0.15) is 0 Å². The summed E-state index contributed by atoms with van der Waals surface area (Å²) >= 11 is -0.826. The molecule has 0 nitrogen and oxygen atoms in total. The molecule has 0 aliphatic carbocycles. The molecule has 0 aromatic heterocycles. The maximum Gasteiger partial charge on any atom is 0.0920 e. The monoisotopic (exact) mass is 1150 g/mol. The normalized spacial score (nSPS) is 12.5. The number of fused-ring (bicyclic) bond motifs is 5. The Morgan fingerprint density at radius 2 is 0.875 bits per heavy atom. The van der Waals surface area contributed by atoms with Crippen molar-refractivity contribution < 1.29 is 20.8 Å². The zero-order valence-electron chi connectivity index (χ0n) is 46.9. The molecule has 378 valence electrons. The summed E-state index contributed by atoms with van der Waals surface area (Å²) in [5.41, 5.74) is 14.5. The van der Waals surface area contributed by atoms with Gasteiger partial charge in [-0.15, -0.1) is 74.6 Å². The van der Waals surface area contributed by atoms with E-state index in [0.717, 1.165) is 22.4 Å². The molecule has 1 aliphatic rings. The average molecular weight is 1150 g/mol. The maximum absolute atomic E-state index is 4.93. The quantitative estimate of drug-likeness (QED) is 0.0946. The Morgan fingerprint density at radius 1 is 0.500 bits per heavy atom. The van der Waals surface area contributed by atoms with Crippen molar-refractivity contribution in [3.63, 3.8) is 0 Å². The summed E-state index contributed by atoms with van der Waals surface area (Å²) in [5.74, 6) is 1.13. The molecule has 0 saturated heterocycles. The molecule has 8 aromatic rings. The fraction of sp³-hybridized carbons (Fsp3) is 0.344. The first-order valence-electron chi connectivity index (χ1n) is 26.3. The number of hydrogen-bond donors (Lipinski definition) is 0. The summed E-state index contributed by atoms with van der Waals surface area (Å²) in [5, 5.41) is 14.9. The molecule has 1 heterocycles. The summed E-state index contributed by atoms with van der Waals surface area (Å²) in [6.07, 6.45) is 2.15. The number of aryl methyl sites for hydroxylation is 2. The minimum Gasteiger partial charge on any atom is -0.184 e. The summed E-state index contributed by atoms with van der Waals surface area (Å²) in [4.78, 5) is 0. The third-order valence-corrected chi connectivity index (χ3v) is 23.8. The molecule has 8 heteroatoms. The number of rotatable bonds is 10. The van der Waals surface area contributed by atoms with Crippen LogP contribution in [0.4, 0.5) is 0 Å². The topological polar surface area (TPSA) is 0 Å². The van der Waals surface area contributed by atoms with E-state index in [9.17, 15) is 0 Å². The van der Waals surface area contributed by atoms with E-state index in [0.29, 0.717) is 11.8 Å². The van der Waals surface area contributed by atoms with Gasteiger partial charge in [-0.05, 0) is 35.8 Å². The Balaban J connectivity index is 0.000000181. The third-order valence-electron chi connectivity index (χ3n) is 14.3. The Hall–Kier alpha value is -2.91. The molecule has 0 unspecified atom stereocenters. The number of hydrogen-bond acceptors (Lipinski definition) is 0. The van der Waals surface area contributed by atoms with Crippen LogP contribution < -0.4 is 31.1 Å². The molecule has 0 N–H and O–H groups in total. The van der Waals surface area contributed by atoms with E-state index >= 15 is 0 Å². The molecule has 0 saturated carbocycles. The third kappa shape index (κ3) is 13.9. The van der Waals surface area contributed by atoms with Gasteiger partial charge in [-0.3, -0.25) is 0 Å². The van der Waals surface area contributed by atoms with Gasteiger partial charge in [0.15, 0.2) is 0 Å². The molecule has 9 rings (SSSR count). The second-order valence-electron chi connectivity index (χ2n) is 24.6. The van der Waals surface area contributed by atoms with Gasteiger partial charge in [-0.1, -0.05) is 235 Å². The molecule has 72 heavy (non-hydrogen) atoms. The van der Waals surface area contributed by atoms with Gasteiger partial charge in [0.25, 0.3) is 0 Å². The van der Waals surface area contributed by atoms with Gasteiger partial charge >= 0.3 is 37.9 Å². The molecule has 1 aliphatic heterocycles. The number of benzene rings is 6. The smallest absolute Gasteiger partial charge is 0.0920 e. The molecular formula is C64H81Cl2Si5Zr-3. The van der Waals surface area contributed by atoms with Crippen molar-refractivity contribution in [2.75, 3.05) is 0 Å². The van der Waals surface area contributed by atoms with E-state index in [-0.39, 0.29) is 0 Å².